The number of nitrogens with one attached hydrogen (secondary N) is 2. The predicted octanol–water partition coefficient (Wildman–Crippen LogP) is 2.98. The van der Waals surface area contributed by atoms with Crippen LogP contribution in [0.5, 0.6) is 5.75 Å². The lowest BCUT2D eigenvalue weighted by Gasteiger charge is -2.23. The first-order valence-corrected chi connectivity index (χ1v) is 13.9. The summed E-state index contributed by atoms with van der Waals surface area (Å²) in [6.45, 7) is 6.08. The van der Waals surface area contributed by atoms with Gasteiger partial charge in [-0.2, -0.15) is 4.31 Å². The number of sulfonamides is 1. The van der Waals surface area contributed by atoms with Crippen LogP contribution >= 0.6 is 0 Å². The van der Waals surface area contributed by atoms with Gasteiger partial charge in [0.2, 0.25) is 15.9 Å². The normalized spacial score (nSPS) is 16.4. The second-order valence-electron chi connectivity index (χ2n) is 9.27. The molecule has 0 spiro atoms. The van der Waals surface area contributed by atoms with Crippen LogP contribution in [0, 0.1) is 20.8 Å². The molecule has 0 unspecified atom stereocenters. The molecule has 2 amide bonds. The molecular weight excluding hydrogens is 508 g/mol. The molecule has 4 rings (SSSR count). The van der Waals surface area contributed by atoms with E-state index in [9.17, 15) is 18.0 Å². The van der Waals surface area contributed by atoms with Crippen LogP contribution in [-0.4, -0.2) is 62.5 Å². The zero-order valence-electron chi connectivity index (χ0n) is 21.7. The Morgan fingerprint density at radius 1 is 0.947 bits per heavy atom. The molecule has 0 aliphatic carbocycles. The number of aryl methyl sites for hydroxylation is 3. The Kier molecular flexibility index (Phi) is 8.48. The highest BCUT2D eigenvalue weighted by atomic mass is 32.2. The lowest BCUT2D eigenvalue weighted by atomic mass is 10.1. The second-order valence-corrected chi connectivity index (χ2v) is 11.2. The third-order valence-corrected chi connectivity index (χ3v) is 8.28. The molecule has 2 N–H and O–H groups in total. The summed E-state index contributed by atoms with van der Waals surface area (Å²) >= 11 is 0. The minimum absolute atomic E-state index is 0.0305. The molecule has 0 fully saturated rings. The van der Waals surface area contributed by atoms with Crippen molar-refractivity contribution in [3.05, 3.63) is 64.8 Å². The number of rotatable bonds is 3. The zero-order valence-corrected chi connectivity index (χ0v) is 22.6. The van der Waals surface area contributed by atoms with Crippen molar-refractivity contribution in [2.45, 2.75) is 38.5 Å². The minimum Gasteiger partial charge on any atom is -0.491 e. The number of benzene rings is 2. The van der Waals surface area contributed by atoms with Gasteiger partial charge in [0.05, 0.1) is 22.7 Å². The molecule has 2 aromatic carbocycles. The number of hydrogen-bond acceptors (Lipinski definition) is 7. The first-order chi connectivity index (χ1) is 18.1. The molecule has 202 valence electrons. The fourth-order valence-corrected chi connectivity index (χ4v) is 5.94. The molecule has 38 heavy (non-hydrogen) atoms. The van der Waals surface area contributed by atoms with Crippen molar-refractivity contribution >= 4 is 21.8 Å². The monoisotopic (exact) mass is 540 g/mol. The molecule has 3 aromatic rings. The summed E-state index contributed by atoms with van der Waals surface area (Å²) in [6, 6.07) is 12.1. The Bertz CT molecular complexity index is 1430. The largest absolute Gasteiger partial charge is 0.491 e. The number of carbonyl (C=O) groups excluding carboxylic acids is 2. The molecule has 2 heterocycles. The van der Waals surface area contributed by atoms with E-state index >= 15 is 0 Å². The highest BCUT2D eigenvalue weighted by Crippen LogP contribution is 2.28. The zero-order chi connectivity index (χ0) is 27.3. The maximum absolute atomic E-state index is 13.8. The average molecular weight is 541 g/mol. The Balaban J connectivity index is 1.61. The number of hydrogen-bond donors (Lipinski definition) is 2. The molecule has 10 nitrogen and oxygen atoms in total. The van der Waals surface area contributed by atoms with Gasteiger partial charge < -0.3 is 19.9 Å². The molecule has 0 radical (unpaired) electrons. The van der Waals surface area contributed by atoms with E-state index in [2.05, 4.69) is 15.8 Å². The fraction of sp³-hybridized carbons (Fsp3) is 0.370. The van der Waals surface area contributed by atoms with E-state index in [0.29, 0.717) is 40.3 Å². The molecule has 1 aromatic heterocycles. The summed E-state index contributed by atoms with van der Waals surface area (Å²) in [7, 11) is -3.97. The minimum atomic E-state index is -3.97. The van der Waals surface area contributed by atoms with Gasteiger partial charge in [-0.3, -0.25) is 9.59 Å². The van der Waals surface area contributed by atoms with E-state index < -0.39 is 10.0 Å². The summed E-state index contributed by atoms with van der Waals surface area (Å²) in [5, 5.41) is 9.49. The lowest BCUT2D eigenvalue weighted by molar-refractivity contribution is -0.121. The topological polar surface area (TPSA) is 131 Å². The van der Waals surface area contributed by atoms with Gasteiger partial charge in [0, 0.05) is 37.7 Å². The Labute approximate surface area is 222 Å². The van der Waals surface area contributed by atoms with E-state index in [1.54, 1.807) is 50.2 Å². The van der Waals surface area contributed by atoms with Gasteiger partial charge in [0.15, 0.2) is 5.76 Å². The third kappa shape index (κ3) is 6.40. The molecule has 1 aliphatic rings. The first kappa shape index (κ1) is 27.3. The average Bonchev–Trinajstić information content (AvgIpc) is 3.31. The Hall–Kier alpha value is -3.70. The summed E-state index contributed by atoms with van der Waals surface area (Å²) < 4.78 is 40.1. The van der Waals surface area contributed by atoms with Crippen LogP contribution in [0.15, 0.2) is 51.9 Å². The number of aromatic nitrogens is 1. The Morgan fingerprint density at radius 3 is 2.53 bits per heavy atom. The first-order valence-electron chi connectivity index (χ1n) is 12.5. The van der Waals surface area contributed by atoms with Gasteiger partial charge in [-0.25, -0.2) is 8.42 Å². The molecule has 0 saturated heterocycles. The maximum Gasteiger partial charge on any atom is 0.255 e. The molecule has 0 atom stereocenters. The van der Waals surface area contributed by atoms with E-state index in [0.717, 1.165) is 5.56 Å². The highest BCUT2D eigenvalue weighted by Gasteiger charge is 2.27. The van der Waals surface area contributed by atoms with Crippen molar-refractivity contribution < 1.29 is 27.3 Å². The fourth-order valence-electron chi connectivity index (χ4n) is 4.21. The van der Waals surface area contributed by atoms with Crippen molar-refractivity contribution in [1.29, 1.82) is 0 Å². The molecule has 0 saturated carbocycles. The number of amides is 2. The second kappa shape index (κ2) is 11.8. The number of carbonyl (C=O) groups is 2. The predicted molar refractivity (Wildman–Crippen MR) is 141 cm³/mol. The molecule has 0 bridgehead atoms. The van der Waals surface area contributed by atoms with Gasteiger partial charge in [0.1, 0.15) is 12.4 Å². The lowest BCUT2D eigenvalue weighted by Crippen LogP contribution is -2.39. The molecular formula is C27H32N4O6S. The van der Waals surface area contributed by atoms with Crippen LogP contribution in [0.2, 0.25) is 0 Å². The summed E-state index contributed by atoms with van der Waals surface area (Å²) in [5.74, 6) is 0.310. The highest BCUT2D eigenvalue weighted by molar-refractivity contribution is 7.89. The van der Waals surface area contributed by atoms with Crippen LogP contribution in [0.3, 0.4) is 0 Å². The van der Waals surface area contributed by atoms with Crippen molar-refractivity contribution in [3.8, 4) is 17.1 Å². The summed E-state index contributed by atoms with van der Waals surface area (Å²) in [4.78, 5) is 25.4. The van der Waals surface area contributed by atoms with Crippen LogP contribution in [0.1, 0.15) is 40.0 Å². The van der Waals surface area contributed by atoms with E-state index in [4.69, 9.17) is 9.26 Å². The third-order valence-electron chi connectivity index (χ3n) is 6.24. The molecule has 1 aliphatic heterocycles. The number of ether oxygens (including phenoxy) is 1. The van der Waals surface area contributed by atoms with Gasteiger partial charge in [0.25, 0.3) is 5.91 Å². The standard InChI is InChI=1S/C27H32N4O6S/c1-18-6-9-23-22(15-18)27(33)29-10-13-31(12-4-5-26(32)28-11-14-36-23)38(34,35)25-17-21(8-7-19(25)2)24-16-20(3)30-37-24/h6-9,15-17H,4-5,10-14H2,1-3H3,(H,28,32)(H,29,33). The van der Waals surface area contributed by atoms with Crippen molar-refractivity contribution in [1.82, 2.24) is 20.1 Å². The number of nitrogens with zero attached hydrogens (tertiary/aromatic N) is 2. The van der Waals surface area contributed by atoms with Crippen LogP contribution in [0.4, 0.5) is 0 Å². The van der Waals surface area contributed by atoms with Crippen molar-refractivity contribution in [2.75, 3.05) is 32.8 Å². The van der Waals surface area contributed by atoms with Gasteiger partial charge in [-0.15, -0.1) is 0 Å². The van der Waals surface area contributed by atoms with Crippen LogP contribution in [0.25, 0.3) is 11.3 Å². The maximum atomic E-state index is 13.8. The summed E-state index contributed by atoms with van der Waals surface area (Å²) in [6.07, 6.45) is 0.476. The van der Waals surface area contributed by atoms with Crippen molar-refractivity contribution in [3.63, 3.8) is 0 Å². The smallest absolute Gasteiger partial charge is 0.255 e. The van der Waals surface area contributed by atoms with Gasteiger partial charge >= 0.3 is 0 Å². The van der Waals surface area contributed by atoms with Crippen LogP contribution in [-0.2, 0) is 14.8 Å². The SMILES string of the molecule is Cc1ccc2c(c1)C(=O)NCCN(S(=O)(=O)c1cc(-c3cc(C)no3)ccc1C)CCCC(=O)NCCO2. The van der Waals surface area contributed by atoms with Crippen molar-refractivity contribution in [2.24, 2.45) is 0 Å². The quantitative estimate of drug-likeness (QED) is 0.522. The Morgan fingerprint density at radius 2 is 1.76 bits per heavy atom. The molecule has 11 heteroatoms. The number of fused-ring (bicyclic) bond motifs is 1. The van der Waals surface area contributed by atoms with Gasteiger partial charge in [-0.1, -0.05) is 28.9 Å². The van der Waals surface area contributed by atoms with E-state index in [-0.39, 0.29) is 55.9 Å². The van der Waals surface area contributed by atoms with Gasteiger partial charge in [-0.05, 0) is 51.0 Å². The van der Waals surface area contributed by atoms with Crippen LogP contribution < -0.4 is 15.4 Å². The van der Waals surface area contributed by atoms with E-state index in [1.807, 2.05) is 13.0 Å². The summed E-state index contributed by atoms with van der Waals surface area (Å²) in [5.41, 5.74) is 3.09. The van der Waals surface area contributed by atoms with E-state index in [1.165, 1.54) is 4.31 Å².